The molecule has 3 nitrogen and oxygen atoms in total. The topological polar surface area (TPSA) is 34.1 Å². The molecule has 0 spiro atoms. The standard InChI is InChI=1S/C14H16N2OS/c1-2-17-12-5-3-10(4-6-12)14-16-13(9-18-14)11-7-15-8-11/h3-6,9,11,15H,2,7-8H2,1H3. The molecule has 2 aromatic rings. The van der Waals surface area contributed by atoms with E-state index in [4.69, 9.17) is 9.72 Å². The van der Waals surface area contributed by atoms with Crippen LogP contribution in [0.4, 0.5) is 0 Å². The van der Waals surface area contributed by atoms with E-state index in [1.807, 2.05) is 19.1 Å². The van der Waals surface area contributed by atoms with Crippen LogP contribution in [0.25, 0.3) is 10.6 Å². The Bertz CT molecular complexity index is 517. The first-order chi connectivity index (χ1) is 8.86. The minimum absolute atomic E-state index is 0.609. The third-order valence-electron chi connectivity index (χ3n) is 3.13. The van der Waals surface area contributed by atoms with Gasteiger partial charge in [0.05, 0.1) is 12.3 Å². The zero-order valence-electron chi connectivity index (χ0n) is 10.3. The highest BCUT2D eigenvalue weighted by Gasteiger charge is 2.21. The Morgan fingerprint density at radius 2 is 2.11 bits per heavy atom. The molecular formula is C14H16N2OS. The van der Waals surface area contributed by atoms with Gasteiger partial charge in [0, 0.05) is 30.0 Å². The largest absolute Gasteiger partial charge is 0.494 e. The van der Waals surface area contributed by atoms with E-state index in [0.29, 0.717) is 12.5 Å². The van der Waals surface area contributed by atoms with Crippen molar-refractivity contribution >= 4 is 11.3 Å². The number of aromatic nitrogens is 1. The van der Waals surface area contributed by atoms with Crippen molar-refractivity contribution in [2.45, 2.75) is 12.8 Å². The maximum absolute atomic E-state index is 5.44. The molecule has 1 aliphatic heterocycles. The predicted octanol–water partition coefficient (Wildman–Crippen LogP) is 2.90. The van der Waals surface area contributed by atoms with Crippen LogP contribution in [0.15, 0.2) is 29.6 Å². The fourth-order valence-corrected chi connectivity index (χ4v) is 2.87. The molecule has 94 valence electrons. The highest BCUT2D eigenvalue weighted by molar-refractivity contribution is 7.13. The summed E-state index contributed by atoms with van der Waals surface area (Å²) in [6.07, 6.45) is 0. The summed E-state index contributed by atoms with van der Waals surface area (Å²) in [7, 11) is 0. The second kappa shape index (κ2) is 5.08. The number of hydrogen-bond acceptors (Lipinski definition) is 4. The van der Waals surface area contributed by atoms with Crippen molar-refractivity contribution in [2.24, 2.45) is 0 Å². The molecule has 1 aromatic carbocycles. The molecule has 1 aliphatic rings. The quantitative estimate of drug-likeness (QED) is 0.918. The average Bonchev–Trinajstić information content (AvgIpc) is 2.77. The molecule has 2 heterocycles. The molecule has 0 atom stereocenters. The van der Waals surface area contributed by atoms with Crippen molar-refractivity contribution < 1.29 is 4.74 Å². The normalized spacial score (nSPS) is 15.4. The highest BCUT2D eigenvalue weighted by Crippen LogP contribution is 2.29. The fraction of sp³-hybridized carbons (Fsp3) is 0.357. The van der Waals surface area contributed by atoms with Crippen molar-refractivity contribution in [1.29, 1.82) is 0 Å². The van der Waals surface area contributed by atoms with E-state index in [0.717, 1.165) is 23.8 Å². The van der Waals surface area contributed by atoms with Crippen LogP contribution in [-0.4, -0.2) is 24.7 Å². The molecule has 1 aromatic heterocycles. The van der Waals surface area contributed by atoms with E-state index in [1.54, 1.807) is 11.3 Å². The molecule has 0 saturated carbocycles. The van der Waals surface area contributed by atoms with Gasteiger partial charge in [-0.15, -0.1) is 11.3 Å². The smallest absolute Gasteiger partial charge is 0.123 e. The molecule has 0 bridgehead atoms. The van der Waals surface area contributed by atoms with E-state index in [2.05, 4.69) is 22.8 Å². The zero-order valence-corrected chi connectivity index (χ0v) is 11.2. The number of hydrogen-bond donors (Lipinski definition) is 1. The van der Waals surface area contributed by atoms with Gasteiger partial charge in [-0.2, -0.15) is 0 Å². The lowest BCUT2D eigenvalue weighted by Crippen LogP contribution is -2.40. The third-order valence-corrected chi connectivity index (χ3v) is 4.04. The van der Waals surface area contributed by atoms with E-state index in [1.165, 1.54) is 11.3 Å². The van der Waals surface area contributed by atoms with E-state index < -0.39 is 0 Å². The van der Waals surface area contributed by atoms with Gasteiger partial charge in [-0.05, 0) is 31.2 Å². The maximum Gasteiger partial charge on any atom is 0.123 e. The van der Waals surface area contributed by atoms with Crippen LogP contribution < -0.4 is 10.1 Å². The number of benzene rings is 1. The molecule has 0 aliphatic carbocycles. The van der Waals surface area contributed by atoms with Crippen LogP contribution in [-0.2, 0) is 0 Å². The van der Waals surface area contributed by atoms with Crippen molar-refractivity contribution in [3.63, 3.8) is 0 Å². The number of thiazole rings is 1. The average molecular weight is 260 g/mol. The van der Waals surface area contributed by atoms with Gasteiger partial charge in [0.15, 0.2) is 0 Å². The highest BCUT2D eigenvalue weighted by atomic mass is 32.1. The lowest BCUT2D eigenvalue weighted by molar-refractivity contribution is 0.340. The first kappa shape index (κ1) is 11.7. The summed E-state index contributed by atoms with van der Waals surface area (Å²) < 4.78 is 5.44. The van der Waals surface area contributed by atoms with Crippen molar-refractivity contribution in [3.8, 4) is 16.3 Å². The van der Waals surface area contributed by atoms with Crippen molar-refractivity contribution in [1.82, 2.24) is 10.3 Å². The monoisotopic (exact) mass is 260 g/mol. The Morgan fingerprint density at radius 3 is 2.72 bits per heavy atom. The Hall–Kier alpha value is -1.39. The Morgan fingerprint density at radius 1 is 1.33 bits per heavy atom. The van der Waals surface area contributed by atoms with Crippen LogP contribution in [0, 0.1) is 0 Å². The molecule has 18 heavy (non-hydrogen) atoms. The Labute approximate surface area is 111 Å². The van der Waals surface area contributed by atoms with Gasteiger partial charge in [-0.1, -0.05) is 0 Å². The van der Waals surface area contributed by atoms with Gasteiger partial charge in [0.25, 0.3) is 0 Å². The lowest BCUT2D eigenvalue weighted by atomic mass is 10.0. The number of nitrogens with zero attached hydrogens (tertiary/aromatic N) is 1. The summed E-state index contributed by atoms with van der Waals surface area (Å²) in [6.45, 7) is 4.82. The van der Waals surface area contributed by atoms with Crippen LogP contribution >= 0.6 is 11.3 Å². The van der Waals surface area contributed by atoms with Gasteiger partial charge in [-0.25, -0.2) is 4.98 Å². The molecule has 0 amide bonds. The van der Waals surface area contributed by atoms with Gasteiger partial charge in [0.2, 0.25) is 0 Å². The number of ether oxygens (including phenoxy) is 1. The molecule has 1 saturated heterocycles. The zero-order chi connectivity index (χ0) is 12.4. The van der Waals surface area contributed by atoms with Crippen LogP contribution in [0.2, 0.25) is 0 Å². The predicted molar refractivity (Wildman–Crippen MR) is 74.3 cm³/mol. The fourth-order valence-electron chi connectivity index (χ4n) is 1.96. The SMILES string of the molecule is CCOc1ccc(-c2nc(C3CNC3)cs2)cc1. The summed E-state index contributed by atoms with van der Waals surface area (Å²) in [5.41, 5.74) is 2.39. The number of nitrogens with one attached hydrogen (secondary N) is 1. The van der Waals surface area contributed by atoms with Gasteiger partial charge in [-0.3, -0.25) is 0 Å². The van der Waals surface area contributed by atoms with Gasteiger partial charge >= 0.3 is 0 Å². The molecule has 3 rings (SSSR count). The summed E-state index contributed by atoms with van der Waals surface area (Å²) in [6, 6.07) is 8.16. The second-order valence-corrected chi connectivity index (χ2v) is 5.25. The lowest BCUT2D eigenvalue weighted by Gasteiger charge is -2.25. The minimum Gasteiger partial charge on any atom is -0.494 e. The van der Waals surface area contributed by atoms with Gasteiger partial charge in [0.1, 0.15) is 10.8 Å². The van der Waals surface area contributed by atoms with Crippen molar-refractivity contribution in [2.75, 3.05) is 19.7 Å². The molecule has 0 radical (unpaired) electrons. The Balaban J connectivity index is 1.78. The second-order valence-electron chi connectivity index (χ2n) is 4.39. The summed E-state index contributed by atoms with van der Waals surface area (Å²) in [4.78, 5) is 4.72. The van der Waals surface area contributed by atoms with E-state index in [-0.39, 0.29) is 0 Å². The van der Waals surface area contributed by atoms with Crippen LogP contribution in [0.1, 0.15) is 18.5 Å². The minimum atomic E-state index is 0.609. The third kappa shape index (κ3) is 2.26. The summed E-state index contributed by atoms with van der Waals surface area (Å²) >= 11 is 1.72. The Kier molecular flexibility index (Phi) is 3.30. The van der Waals surface area contributed by atoms with Crippen molar-refractivity contribution in [3.05, 3.63) is 35.3 Å². The maximum atomic E-state index is 5.44. The summed E-state index contributed by atoms with van der Waals surface area (Å²) in [5.74, 6) is 1.53. The van der Waals surface area contributed by atoms with E-state index >= 15 is 0 Å². The molecular weight excluding hydrogens is 244 g/mol. The first-order valence-electron chi connectivity index (χ1n) is 6.26. The molecule has 4 heteroatoms. The molecule has 1 fully saturated rings. The van der Waals surface area contributed by atoms with E-state index in [9.17, 15) is 0 Å². The molecule has 1 N–H and O–H groups in total. The van der Waals surface area contributed by atoms with Gasteiger partial charge < -0.3 is 10.1 Å². The summed E-state index contributed by atoms with van der Waals surface area (Å²) in [5, 5.41) is 6.55. The molecule has 0 unspecified atom stereocenters. The number of rotatable bonds is 4. The van der Waals surface area contributed by atoms with Crippen LogP contribution in [0.3, 0.4) is 0 Å². The first-order valence-corrected chi connectivity index (χ1v) is 7.14. The van der Waals surface area contributed by atoms with Crippen LogP contribution in [0.5, 0.6) is 5.75 Å².